The minimum atomic E-state index is 0.821. The lowest BCUT2D eigenvalue weighted by Gasteiger charge is -2.03. The molecule has 2 aromatic heterocycles. The van der Waals surface area contributed by atoms with Gasteiger partial charge < -0.3 is 0 Å². The third-order valence-electron chi connectivity index (χ3n) is 1.81. The summed E-state index contributed by atoms with van der Waals surface area (Å²) in [6, 6.07) is 7.84. The number of halogens is 2. The zero-order valence-corrected chi connectivity index (χ0v) is 10.3. The summed E-state index contributed by atoms with van der Waals surface area (Å²) in [4.78, 5) is 8.24. The highest BCUT2D eigenvalue weighted by Crippen LogP contribution is 2.27. The van der Waals surface area contributed by atoms with Gasteiger partial charge in [0.05, 0.1) is 0 Å². The van der Waals surface area contributed by atoms with Gasteiger partial charge in [-0.15, -0.1) is 0 Å². The molecular formula is C10H6Br2N2. The molecule has 0 fully saturated rings. The van der Waals surface area contributed by atoms with E-state index < -0.39 is 0 Å². The molecule has 2 heterocycles. The van der Waals surface area contributed by atoms with Crippen LogP contribution in [0, 0.1) is 0 Å². The fourth-order valence-corrected chi connectivity index (χ4v) is 2.26. The Labute approximate surface area is 98.7 Å². The summed E-state index contributed by atoms with van der Waals surface area (Å²) < 4.78 is 1.65. The first-order chi connectivity index (χ1) is 6.77. The topological polar surface area (TPSA) is 25.8 Å². The van der Waals surface area contributed by atoms with Gasteiger partial charge in [0, 0.05) is 18.0 Å². The molecule has 14 heavy (non-hydrogen) atoms. The Balaban J connectivity index is 2.53. The van der Waals surface area contributed by atoms with Crippen molar-refractivity contribution in [1.29, 1.82) is 0 Å². The van der Waals surface area contributed by atoms with Crippen molar-refractivity contribution in [3.05, 3.63) is 45.9 Å². The Hall–Kier alpha value is -0.740. The number of aromatic nitrogens is 2. The monoisotopic (exact) mass is 312 g/mol. The Kier molecular flexibility index (Phi) is 2.93. The second-order valence-corrected chi connectivity index (χ2v) is 4.27. The summed E-state index contributed by atoms with van der Waals surface area (Å²) in [6.45, 7) is 0. The Morgan fingerprint density at radius 1 is 0.929 bits per heavy atom. The van der Waals surface area contributed by atoms with E-state index in [9.17, 15) is 0 Å². The molecule has 0 aliphatic heterocycles. The van der Waals surface area contributed by atoms with Crippen LogP contribution in [0.25, 0.3) is 11.1 Å². The smallest absolute Gasteiger partial charge is 0.115 e. The van der Waals surface area contributed by atoms with E-state index in [0.717, 1.165) is 20.3 Å². The van der Waals surface area contributed by atoms with Crippen LogP contribution in [-0.4, -0.2) is 9.97 Å². The van der Waals surface area contributed by atoms with Gasteiger partial charge in [-0.2, -0.15) is 0 Å². The molecule has 0 atom stereocenters. The molecular weight excluding hydrogens is 308 g/mol. The maximum atomic E-state index is 4.26. The lowest BCUT2D eigenvalue weighted by Crippen LogP contribution is -1.84. The average molecular weight is 314 g/mol. The van der Waals surface area contributed by atoms with Gasteiger partial charge in [-0.1, -0.05) is 0 Å². The first-order valence-corrected chi connectivity index (χ1v) is 5.58. The molecule has 0 aliphatic carbocycles. The zero-order chi connectivity index (χ0) is 9.97. The zero-order valence-electron chi connectivity index (χ0n) is 7.11. The molecule has 2 rings (SSSR count). The fourth-order valence-electron chi connectivity index (χ4n) is 1.16. The summed E-state index contributed by atoms with van der Waals surface area (Å²) >= 11 is 6.74. The fraction of sp³-hybridized carbons (Fsp3) is 0. The summed E-state index contributed by atoms with van der Waals surface area (Å²) in [5.41, 5.74) is 2.17. The molecule has 0 aliphatic rings. The van der Waals surface area contributed by atoms with Crippen LogP contribution in [-0.2, 0) is 0 Å². The minimum Gasteiger partial charge on any atom is -0.265 e. The van der Waals surface area contributed by atoms with Crippen LogP contribution >= 0.6 is 31.9 Å². The highest BCUT2D eigenvalue weighted by atomic mass is 79.9. The Morgan fingerprint density at radius 3 is 2.29 bits per heavy atom. The van der Waals surface area contributed by atoms with E-state index in [4.69, 9.17) is 0 Å². The van der Waals surface area contributed by atoms with Crippen LogP contribution in [0.3, 0.4) is 0 Å². The van der Waals surface area contributed by atoms with E-state index in [2.05, 4.69) is 41.8 Å². The highest BCUT2D eigenvalue weighted by Gasteiger charge is 2.03. The molecule has 0 spiro atoms. The quantitative estimate of drug-likeness (QED) is 0.751. The van der Waals surface area contributed by atoms with E-state index in [1.54, 1.807) is 12.4 Å². The summed E-state index contributed by atoms with van der Waals surface area (Å²) in [7, 11) is 0. The third kappa shape index (κ3) is 2.01. The predicted octanol–water partition coefficient (Wildman–Crippen LogP) is 3.67. The van der Waals surface area contributed by atoms with Gasteiger partial charge in [-0.3, -0.25) is 4.98 Å². The second-order valence-electron chi connectivity index (χ2n) is 2.71. The number of hydrogen-bond donors (Lipinski definition) is 0. The predicted molar refractivity (Wildman–Crippen MR) is 62.9 cm³/mol. The van der Waals surface area contributed by atoms with Gasteiger partial charge in [0.2, 0.25) is 0 Å². The number of nitrogens with zero attached hydrogens (tertiary/aromatic N) is 2. The van der Waals surface area contributed by atoms with Crippen LogP contribution in [0.4, 0.5) is 0 Å². The number of hydrogen-bond acceptors (Lipinski definition) is 2. The van der Waals surface area contributed by atoms with Crippen molar-refractivity contribution in [3.63, 3.8) is 0 Å². The number of rotatable bonds is 1. The summed E-state index contributed by atoms with van der Waals surface area (Å²) in [5, 5.41) is 0. The first-order valence-electron chi connectivity index (χ1n) is 4.00. The van der Waals surface area contributed by atoms with Gasteiger partial charge in [-0.25, -0.2) is 4.98 Å². The highest BCUT2D eigenvalue weighted by molar-refractivity contribution is 9.11. The van der Waals surface area contributed by atoms with Gasteiger partial charge in [0.1, 0.15) is 9.21 Å². The summed E-state index contributed by atoms with van der Waals surface area (Å²) in [5.74, 6) is 0. The van der Waals surface area contributed by atoms with Gasteiger partial charge in [-0.05, 0) is 61.7 Å². The maximum absolute atomic E-state index is 4.26. The van der Waals surface area contributed by atoms with Crippen LogP contribution in [0.5, 0.6) is 0 Å². The molecule has 2 nitrogen and oxygen atoms in total. The van der Waals surface area contributed by atoms with E-state index in [-0.39, 0.29) is 0 Å². The third-order valence-corrected chi connectivity index (χ3v) is 2.85. The van der Waals surface area contributed by atoms with Crippen molar-refractivity contribution in [1.82, 2.24) is 9.97 Å². The van der Waals surface area contributed by atoms with Crippen molar-refractivity contribution in [3.8, 4) is 11.1 Å². The van der Waals surface area contributed by atoms with Crippen LogP contribution in [0.15, 0.2) is 45.9 Å². The minimum absolute atomic E-state index is 0.821. The second kappa shape index (κ2) is 4.19. The molecule has 0 unspecified atom stereocenters. The lowest BCUT2D eigenvalue weighted by molar-refractivity contribution is 1.23. The van der Waals surface area contributed by atoms with Crippen molar-refractivity contribution < 1.29 is 0 Å². The first kappa shape index (κ1) is 9.80. The standard InChI is InChI=1S/C10H6Br2N2/c11-9-2-1-8(10(12)14-9)7-3-5-13-6-4-7/h1-6H. The van der Waals surface area contributed by atoms with E-state index in [1.165, 1.54) is 0 Å². The van der Waals surface area contributed by atoms with Crippen molar-refractivity contribution in [2.45, 2.75) is 0 Å². The van der Waals surface area contributed by atoms with E-state index in [0.29, 0.717) is 0 Å². The molecule has 2 aromatic rings. The molecule has 0 radical (unpaired) electrons. The maximum Gasteiger partial charge on any atom is 0.115 e. The van der Waals surface area contributed by atoms with Gasteiger partial charge >= 0.3 is 0 Å². The van der Waals surface area contributed by atoms with E-state index in [1.807, 2.05) is 24.3 Å². The SMILES string of the molecule is Brc1ccc(-c2ccncc2)c(Br)n1. The molecule has 4 heteroatoms. The average Bonchev–Trinajstić information content (AvgIpc) is 2.19. The Bertz CT molecular complexity index is 443. The van der Waals surface area contributed by atoms with Crippen LogP contribution in [0.2, 0.25) is 0 Å². The molecule has 0 aromatic carbocycles. The lowest BCUT2D eigenvalue weighted by atomic mass is 10.1. The largest absolute Gasteiger partial charge is 0.265 e. The normalized spacial score (nSPS) is 10.1. The van der Waals surface area contributed by atoms with Gasteiger partial charge in [0.25, 0.3) is 0 Å². The number of pyridine rings is 2. The van der Waals surface area contributed by atoms with Gasteiger partial charge in [0.15, 0.2) is 0 Å². The van der Waals surface area contributed by atoms with E-state index >= 15 is 0 Å². The summed E-state index contributed by atoms with van der Waals surface area (Å²) in [6.07, 6.45) is 3.54. The molecule has 0 saturated heterocycles. The molecule has 0 bridgehead atoms. The molecule has 0 N–H and O–H groups in total. The molecule has 0 saturated carbocycles. The Morgan fingerprint density at radius 2 is 1.64 bits per heavy atom. The van der Waals surface area contributed by atoms with Crippen LogP contribution < -0.4 is 0 Å². The van der Waals surface area contributed by atoms with Crippen molar-refractivity contribution in [2.24, 2.45) is 0 Å². The van der Waals surface area contributed by atoms with Crippen molar-refractivity contribution in [2.75, 3.05) is 0 Å². The molecule has 0 amide bonds. The van der Waals surface area contributed by atoms with Crippen LogP contribution in [0.1, 0.15) is 0 Å². The van der Waals surface area contributed by atoms with Crippen molar-refractivity contribution >= 4 is 31.9 Å². The molecule has 70 valence electrons.